The van der Waals surface area contributed by atoms with Crippen molar-refractivity contribution in [2.24, 2.45) is 0 Å². The Morgan fingerprint density at radius 2 is 1.00 bits per heavy atom. The summed E-state index contributed by atoms with van der Waals surface area (Å²) in [6, 6.07) is 42.9. The minimum atomic E-state index is 0.771. The maximum Gasteiger partial charge on any atom is 0.220 e. The average Bonchev–Trinajstić information content (AvgIpc) is 3.88. The van der Waals surface area contributed by atoms with Crippen molar-refractivity contribution >= 4 is 55.7 Å². The van der Waals surface area contributed by atoms with Gasteiger partial charge in [-0.05, 0) is 84.8 Å². The van der Waals surface area contributed by atoms with E-state index in [4.69, 9.17) is 9.97 Å². The second kappa shape index (κ2) is 8.97. The van der Waals surface area contributed by atoms with Crippen molar-refractivity contribution in [3.05, 3.63) is 145 Å². The summed E-state index contributed by atoms with van der Waals surface area (Å²) < 4.78 is 11.3. The molecule has 5 aromatic heterocycles. The minimum Gasteiger partial charge on any atom is -0.350 e. The van der Waals surface area contributed by atoms with E-state index in [0.717, 1.165) is 73.6 Å². The van der Waals surface area contributed by atoms with Crippen LogP contribution in [-0.4, -0.2) is 32.5 Å². The third-order valence-corrected chi connectivity index (χ3v) is 9.11. The topological polar surface area (TPSA) is 49.4 Å². The fraction of sp³-hybridized carbons (Fsp3) is 0.0526. The first-order chi connectivity index (χ1) is 22.2. The van der Waals surface area contributed by atoms with E-state index in [2.05, 4.69) is 163 Å². The molecule has 0 saturated carbocycles. The normalized spacial score (nSPS) is 12.2. The van der Waals surface area contributed by atoms with Gasteiger partial charge in [-0.25, -0.2) is 9.97 Å². The Bertz CT molecular complexity index is 2750. The van der Waals surface area contributed by atoms with Gasteiger partial charge in [0.15, 0.2) is 0 Å². The van der Waals surface area contributed by atoms with Gasteiger partial charge in [-0.2, -0.15) is 0 Å². The number of aromatic nitrogens is 7. The number of hydrogen-bond donors (Lipinski definition) is 0. The molecular weight excluding hydrogens is 554 g/mol. The number of benzene rings is 5. The molecule has 45 heavy (non-hydrogen) atoms. The van der Waals surface area contributed by atoms with Gasteiger partial charge in [-0.3, -0.25) is 17.9 Å². The van der Waals surface area contributed by atoms with Crippen LogP contribution in [0.15, 0.2) is 134 Å². The predicted molar refractivity (Wildman–Crippen MR) is 181 cm³/mol. The fourth-order valence-electron chi connectivity index (χ4n) is 7.13. The van der Waals surface area contributed by atoms with Crippen LogP contribution in [0.3, 0.4) is 0 Å². The van der Waals surface area contributed by atoms with E-state index >= 15 is 0 Å². The monoisotopic (exact) mass is 581 g/mol. The van der Waals surface area contributed by atoms with Crippen LogP contribution in [0.1, 0.15) is 11.1 Å². The molecule has 0 bridgehead atoms. The van der Waals surface area contributed by atoms with Crippen LogP contribution in [0, 0.1) is 6.92 Å². The summed E-state index contributed by atoms with van der Waals surface area (Å²) in [6.07, 6.45) is 4.20. The van der Waals surface area contributed by atoms with E-state index < -0.39 is 0 Å². The van der Waals surface area contributed by atoms with Crippen molar-refractivity contribution in [2.45, 2.75) is 13.5 Å². The molecule has 0 spiro atoms. The number of fused-ring (bicyclic) bond motifs is 10. The first-order valence-electron chi connectivity index (χ1n) is 15.2. The van der Waals surface area contributed by atoms with Crippen molar-refractivity contribution in [3.63, 3.8) is 0 Å². The Balaban J connectivity index is 1.24. The van der Waals surface area contributed by atoms with E-state index in [1.165, 1.54) is 11.1 Å². The maximum absolute atomic E-state index is 5.33. The van der Waals surface area contributed by atoms with E-state index in [9.17, 15) is 0 Å². The summed E-state index contributed by atoms with van der Waals surface area (Å²) in [7, 11) is 0. The third kappa shape index (κ3) is 3.35. The number of para-hydroxylation sites is 6. The summed E-state index contributed by atoms with van der Waals surface area (Å²) in [6.45, 7) is 2.90. The van der Waals surface area contributed by atoms with Crippen LogP contribution in [0.25, 0.3) is 67.1 Å². The van der Waals surface area contributed by atoms with Gasteiger partial charge in [0.1, 0.15) is 0 Å². The Labute approximate surface area is 257 Å². The lowest BCUT2D eigenvalue weighted by molar-refractivity contribution is 0.810. The summed E-state index contributed by atoms with van der Waals surface area (Å²) >= 11 is 0. The molecule has 7 nitrogen and oxygen atoms in total. The minimum absolute atomic E-state index is 0.771. The van der Waals surface area contributed by atoms with Crippen molar-refractivity contribution in [3.8, 4) is 11.4 Å². The van der Waals surface area contributed by atoms with E-state index in [1.807, 2.05) is 0 Å². The molecule has 10 aromatic rings. The molecule has 7 heteroatoms. The van der Waals surface area contributed by atoms with Gasteiger partial charge in [0, 0.05) is 18.9 Å². The second-order valence-corrected chi connectivity index (χ2v) is 11.7. The molecule has 0 N–H and O–H groups in total. The molecule has 0 radical (unpaired) electrons. The number of aryl methyl sites for hydroxylation is 1. The zero-order valence-corrected chi connectivity index (χ0v) is 24.5. The van der Waals surface area contributed by atoms with Gasteiger partial charge in [-0.1, -0.05) is 54.6 Å². The molecule has 0 fully saturated rings. The lowest BCUT2D eigenvalue weighted by atomic mass is 10.2. The average molecular weight is 582 g/mol. The summed E-state index contributed by atoms with van der Waals surface area (Å²) in [5.41, 5.74) is 13.2. The van der Waals surface area contributed by atoms with Crippen LogP contribution >= 0.6 is 0 Å². The summed E-state index contributed by atoms with van der Waals surface area (Å²) in [5.74, 6) is 1.80. The van der Waals surface area contributed by atoms with E-state index in [-0.39, 0.29) is 0 Å². The van der Waals surface area contributed by atoms with E-state index in [0.29, 0.717) is 0 Å². The molecule has 0 atom stereocenters. The third-order valence-electron chi connectivity index (χ3n) is 9.11. The molecule has 5 heterocycles. The van der Waals surface area contributed by atoms with Crippen molar-refractivity contribution < 1.29 is 0 Å². The van der Waals surface area contributed by atoms with Gasteiger partial charge < -0.3 is 4.57 Å². The Morgan fingerprint density at radius 3 is 1.64 bits per heavy atom. The highest BCUT2D eigenvalue weighted by Gasteiger charge is 2.21. The van der Waals surface area contributed by atoms with Gasteiger partial charge in [-0.15, -0.1) is 0 Å². The molecule has 0 aliphatic rings. The molecule has 0 aliphatic carbocycles. The zero-order valence-electron chi connectivity index (χ0n) is 24.5. The smallest absolute Gasteiger partial charge is 0.220 e. The first-order valence-corrected chi connectivity index (χ1v) is 15.2. The van der Waals surface area contributed by atoms with Crippen LogP contribution in [-0.2, 0) is 6.54 Å². The maximum atomic E-state index is 5.33. The number of rotatable bonds is 4. The van der Waals surface area contributed by atoms with Gasteiger partial charge >= 0.3 is 0 Å². The molecule has 0 saturated heterocycles. The van der Waals surface area contributed by atoms with Crippen LogP contribution in [0.2, 0.25) is 0 Å². The van der Waals surface area contributed by atoms with Crippen LogP contribution in [0.5, 0.6) is 0 Å². The van der Waals surface area contributed by atoms with Crippen molar-refractivity contribution in [1.82, 2.24) is 32.5 Å². The second-order valence-electron chi connectivity index (χ2n) is 11.7. The molecule has 0 aliphatic heterocycles. The van der Waals surface area contributed by atoms with Crippen LogP contribution < -0.4 is 0 Å². The van der Waals surface area contributed by atoms with Gasteiger partial charge in [0.2, 0.25) is 11.6 Å². The molecule has 5 aromatic carbocycles. The standard InChI is InChI=1S/C38H27N7/c1-25-11-8-19-33-35(25)39-37-42(29-15-2-4-17-31(29)44(33)37)27-13-10-14-28(23-27)43-30-16-3-5-18-32(30)45-34-20-9-12-26(36(34)40-38(43)45)24-41-21-6-7-22-41/h2-23H,24H2,1H3. The fourth-order valence-corrected chi connectivity index (χ4v) is 7.13. The molecule has 0 unspecified atom stereocenters. The van der Waals surface area contributed by atoms with E-state index in [1.54, 1.807) is 0 Å². The zero-order chi connectivity index (χ0) is 29.6. The predicted octanol–water partition coefficient (Wildman–Crippen LogP) is 8.33. The van der Waals surface area contributed by atoms with Crippen LogP contribution in [0.4, 0.5) is 0 Å². The number of imidazole rings is 4. The van der Waals surface area contributed by atoms with Crippen molar-refractivity contribution in [1.29, 1.82) is 0 Å². The molecule has 214 valence electrons. The van der Waals surface area contributed by atoms with Crippen molar-refractivity contribution in [2.75, 3.05) is 0 Å². The SMILES string of the molecule is Cc1cccc2c1nc1n(-c3cccc(-n4c5ccccc5n5c6cccc(Cn7cccc7)c6nc45)c3)c3ccccc3n21. The van der Waals surface area contributed by atoms with Gasteiger partial charge in [0.25, 0.3) is 0 Å². The summed E-state index contributed by atoms with van der Waals surface area (Å²) in [4.78, 5) is 10.5. The lowest BCUT2D eigenvalue weighted by Gasteiger charge is -2.10. The Hall–Kier alpha value is -6.08. The quantitative estimate of drug-likeness (QED) is 0.210. The first kappa shape index (κ1) is 24.4. The number of hydrogen-bond acceptors (Lipinski definition) is 2. The Kier molecular flexibility index (Phi) is 4.86. The lowest BCUT2D eigenvalue weighted by Crippen LogP contribution is -2.00. The molecular formula is C38H27N7. The molecule has 0 amide bonds. The Morgan fingerprint density at radius 1 is 0.489 bits per heavy atom. The molecule has 10 rings (SSSR count). The summed E-state index contributed by atoms with van der Waals surface area (Å²) in [5, 5.41) is 0. The highest BCUT2D eigenvalue weighted by atomic mass is 15.2. The van der Waals surface area contributed by atoms with Gasteiger partial charge in [0.05, 0.1) is 55.5 Å². The highest BCUT2D eigenvalue weighted by molar-refractivity contribution is 5.95. The largest absolute Gasteiger partial charge is 0.350 e. The highest BCUT2D eigenvalue weighted by Crippen LogP contribution is 2.34. The number of nitrogens with zero attached hydrogens (tertiary/aromatic N) is 7.